The number of aliphatic hydroxyl groups excluding tert-OH is 1. The summed E-state index contributed by atoms with van der Waals surface area (Å²) in [4.78, 5) is 3.83. The summed E-state index contributed by atoms with van der Waals surface area (Å²) < 4.78 is 53.7. The lowest BCUT2D eigenvalue weighted by Crippen LogP contribution is -2.19. The highest BCUT2D eigenvalue weighted by molar-refractivity contribution is 7.99. The lowest BCUT2D eigenvalue weighted by atomic mass is 10.1. The molecule has 0 aliphatic rings. The molecule has 3 rings (SSSR count). The van der Waals surface area contributed by atoms with Gasteiger partial charge in [0, 0.05) is 29.3 Å². The van der Waals surface area contributed by atoms with Crippen LogP contribution in [0.1, 0.15) is 11.7 Å². The largest absolute Gasteiger partial charge is 0.406 e. The molecule has 2 heterocycles. The lowest BCUT2D eigenvalue weighted by Gasteiger charge is -2.14. The summed E-state index contributed by atoms with van der Waals surface area (Å²) in [5.74, 6) is -0.620. The van der Waals surface area contributed by atoms with E-state index in [-0.39, 0.29) is 22.3 Å². The van der Waals surface area contributed by atoms with Crippen LogP contribution in [0, 0.1) is 5.82 Å². The molecule has 0 aliphatic carbocycles. The SMILES string of the molecule is OC(CSc1nnc(-c2ccncc2)n1CC(F)(F)F)c1ccccc1F. The van der Waals surface area contributed by atoms with Crippen LogP contribution in [0.25, 0.3) is 11.4 Å². The molecule has 142 valence electrons. The van der Waals surface area contributed by atoms with E-state index in [9.17, 15) is 22.7 Å². The van der Waals surface area contributed by atoms with Gasteiger partial charge in [-0.3, -0.25) is 9.55 Å². The van der Waals surface area contributed by atoms with Crippen LogP contribution in [0.3, 0.4) is 0 Å². The maximum atomic E-state index is 13.7. The Morgan fingerprint density at radius 1 is 1.07 bits per heavy atom. The molecular formula is C17H14F4N4OS. The van der Waals surface area contributed by atoms with E-state index in [1.807, 2.05) is 0 Å². The number of pyridine rings is 1. The van der Waals surface area contributed by atoms with Crippen molar-refractivity contribution < 1.29 is 22.7 Å². The van der Waals surface area contributed by atoms with E-state index in [0.717, 1.165) is 16.3 Å². The molecule has 1 aromatic carbocycles. The molecule has 10 heteroatoms. The van der Waals surface area contributed by atoms with Gasteiger partial charge in [0.25, 0.3) is 0 Å². The first-order chi connectivity index (χ1) is 12.8. The second kappa shape index (κ2) is 8.05. The van der Waals surface area contributed by atoms with Crippen molar-refractivity contribution in [3.63, 3.8) is 0 Å². The molecule has 3 aromatic rings. The Kier molecular flexibility index (Phi) is 5.76. The molecule has 0 spiro atoms. The molecule has 0 aliphatic heterocycles. The molecule has 2 aromatic heterocycles. The first-order valence-corrected chi connectivity index (χ1v) is 8.79. The number of halogens is 4. The number of aromatic nitrogens is 4. The Morgan fingerprint density at radius 2 is 1.78 bits per heavy atom. The molecule has 0 bridgehead atoms. The highest BCUT2D eigenvalue weighted by atomic mass is 32.2. The van der Waals surface area contributed by atoms with E-state index in [4.69, 9.17) is 0 Å². The fourth-order valence-electron chi connectivity index (χ4n) is 2.42. The maximum absolute atomic E-state index is 13.7. The standard InChI is InChI=1S/C17H14F4N4OS/c18-13-4-2-1-3-12(13)14(26)9-27-16-24-23-15(11-5-7-22-8-6-11)25(16)10-17(19,20)21/h1-8,14,26H,9-10H2. The van der Waals surface area contributed by atoms with Gasteiger partial charge in [-0.15, -0.1) is 10.2 Å². The van der Waals surface area contributed by atoms with Gasteiger partial charge in [-0.2, -0.15) is 13.2 Å². The number of alkyl halides is 3. The normalized spacial score (nSPS) is 12.9. The summed E-state index contributed by atoms with van der Waals surface area (Å²) in [6, 6.07) is 8.74. The van der Waals surface area contributed by atoms with Crippen LogP contribution in [-0.2, 0) is 6.54 Å². The van der Waals surface area contributed by atoms with Crippen LogP contribution >= 0.6 is 11.8 Å². The van der Waals surface area contributed by atoms with Gasteiger partial charge in [0.2, 0.25) is 0 Å². The van der Waals surface area contributed by atoms with Gasteiger partial charge in [0.05, 0.1) is 6.10 Å². The van der Waals surface area contributed by atoms with Gasteiger partial charge < -0.3 is 5.11 Å². The lowest BCUT2D eigenvalue weighted by molar-refractivity contribution is -0.141. The smallest absolute Gasteiger partial charge is 0.387 e. The van der Waals surface area contributed by atoms with E-state index in [0.29, 0.717) is 5.56 Å². The van der Waals surface area contributed by atoms with Crippen molar-refractivity contribution in [1.82, 2.24) is 19.7 Å². The van der Waals surface area contributed by atoms with Gasteiger partial charge in [-0.25, -0.2) is 4.39 Å². The zero-order valence-electron chi connectivity index (χ0n) is 13.8. The Bertz CT molecular complexity index is 901. The van der Waals surface area contributed by atoms with Gasteiger partial charge in [-0.1, -0.05) is 30.0 Å². The topological polar surface area (TPSA) is 63.8 Å². The highest BCUT2D eigenvalue weighted by Crippen LogP contribution is 2.30. The summed E-state index contributed by atoms with van der Waals surface area (Å²) in [5, 5.41) is 17.8. The maximum Gasteiger partial charge on any atom is 0.406 e. The number of hydrogen-bond donors (Lipinski definition) is 1. The zero-order valence-corrected chi connectivity index (χ0v) is 14.6. The number of rotatable bonds is 6. The van der Waals surface area contributed by atoms with Gasteiger partial charge in [0.1, 0.15) is 12.4 Å². The molecule has 1 N–H and O–H groups in total. The quantitative estimate of drug-likeness (QED) is 0.505. The zero-order chi connectivity index (χ0) is 19.4. The molecule has 0 amide bonds. The molecule has 1 unspecified atom stereocenters. The van der Waals surface area contributed by atoms with Crippen molar-refractivity contribution in [2.24, 2.45) is 0 Å². The first-order valence-electron chi connectivity index (χ1n) is 7.81. The third-order valence-electron chi connectivity index (χ3n) is 3.63. The van der Waals surface area contributed by atoms with Crippen molar-refractivity contribution in [2.75, 3.05) is 5.75 Å². The number of benzene rings is 1. The second-order valence-electron chi connectivity index (χ2n) is 5.59. The van der Waals surface area contributed by atoms with Crippen LogP contribution in [0.2, 0.25) is 0 Å². The molecule has 0 radical (unpaired) electrons. The second-order valence-corrected chi connectivity index (χ2v) is 6.58. The summed E-state index contributed by atoms with van der Waals surface area (Å²) in [6.07, 6.45) is -2.80. The Morgan fingerprint density at radius 3 is 2.44 bits per heavy atom. The Balaban J connectivity index is 1.85. The molecule has 1 atom stereocenters. The minimum Gasteiger partial charge on any atom is -0.387 e. The van der Waals surface area contributed by atoms with Crippen molar-refractivity contribution in [1.29, 1.82) is 0 Å². The minimum absolute atomic E-state index is 0.0190. The van der Waals surface area contributed by atoms with E-state index < -0.39 is 24.6 Å². The van der Waals surface area contributed by atoms with Crippen LogP contribution in [-0.4, -0.2) is 36.8 Å². The number of aliphatic hydroxyl groups is 1. The van der Waals surface area contributed by atoms with Crippen molar-refractivity contribution in [2.45, 2.75) is 24.0 Å². The van der Waals surface area contributed by atoms with E-state index in [2.05, 4.69) is 15.2 Å². The van der Waals surface area contributed by atoms with Crippen LogP contribution in [0.5, 0.6) is 0 Å². The Hall–Kier alpha value is -2.46. The highest BCUT2D eigenvalue weighted by Gasteiger charge is 2.31. The van der Waals surface area contributed by atoms with Gasteiger partial charge >= 0.3 is 6.18 Å². The molecule has 0 saturated heterocycles. The average molecular weight is 398 g/mol. The van der Waals surface area contributed by atoms with Crippen molar-refractivity contribution in [3.8, 4) is 11.4 Å². The predicted octanol–water partition coefficient (Wildman–Crippen LogP) is 3.87. The minimum atomic E-state index is -4.48. The van der Waals surface area contributed by atoms with E-state index >= 15 is 0 Å². The fourth-order valence-corrected chi connectivity index (χ4v) is 3.31. The molecule has 27 heavy (non-hydrogen) atoms. The number of hydrogen-bond acceptors (Lipinski definition) is 5. The third kappa shape index (κ3) is 4.83. The molecule has 0 saturated carbocycles. The summed E-state index contributed by atoms with van der Waals surface area (Å²) in [7, 11) is 0. The van der Waals surface area contributed by atoms with E-state index in [1.165, 1.54) is 42.7 Å². The molecule has 0 fully saturated rings. The summed E-state index contributed by atoms with van der Waals surface area (Å²) in [6.45, 7) is -1.28. The monoisotopic (exact) mass is 398 g/mol. The van der Waals surface area contributed by atoms with Crippen LogP contribution in [0.15, 0.2) is 53.9 Å². The molecule has 5 nitrogen and oxygen atoms in total. The van der Waals surface area contributed by atoms with Crippen LogP contribution < -0.4 is 0 Å². The summed E-state index contributed by atoms with van der Waals surface area (Å²) in [5.41, 5.74) is 0.504. The van der Waals surface area contributed by atoms with Gasteiger partial charge in [-0.05, 0) is 18.2 Å². The summed E-state index contributed by atoms with van der Waals surface area (Å²) >= 11 is 0.872. The van der Waals surface area contributed by atoms with Crippen molar-refractivity contribution in [3.05, 3.63) is 60.2 Å². The Labute approximate surface area is 156 Å². The van der Waals surface area contributed by atoms with Crippen molar-refractivity contribution >= 4 is 11.8 Å². The molecular weight excluding hydrogens is 384 g/mol. The first kappa shape index (κ1) is 19.3. The predicted molar refractivity (Wildman–Crippen MR) is 91.4 cm³/mol. The fraction of sp³-hybridized carbons (Fsp3) is 0.235. The number of nitrogens with zero attached hydrogens (tertiary/aromatic N) is 4. The number of thioether (sulfide) groups is 1. The van der Waals surface area contributed by atoms with Crippen LogP contribution in [0.4, 0.5) is 17.6 Å². The third-order valence-corrected chi connectivity index (χ3v) is 4.67. The average Bonchev–Trinajstić information content (AvgIpc) is 3.01. The van der Waals surface area contributed by atoms with Gasteiger partial charge in [0.15, 0.2) is 11.0 Å². The van der Waals surface area contributed by atoms with E-state index in [1.54, 1.807) is 6.07 Å².